The van der Waals surface area contributed by atoms with Crippen LogP contribution >= 0.6 is 0 Å². The SMILES string of the molecule is CC(C)[C@@H]1NC(=O)/C=C/[C@@H](N)COC(=O)[C@H](CCc2ccc(O[Si](C)(C)C(C)(C)C)cc2)NC1=O. The molecule has 0 fully saturated rings. The molecule has 1 aromatic rings. The highest BCUT2D eigenvalue weighted by atomic mass is 28.4. The predicted octanol–water partition coefficient (Wildman–Crippen LogP) is 3.07. The second-order valence-electron chi connectivity index (χ2n) is 11.0. The first-order valence-corrected chi connectivity index (χ1v) is 15.1. The van der Waals surface area contributed by atoms with E-state index in [1.807, 2.05) is 38.1 Å². The van der Waals surface area contributed by atoms with Crippen LogP contribution in [0.5, 0.6) is 5.75 Å². The predicted molar refractivity (Wildman–Crippen MR) is 139 cm³/mol. The van der Waals surface area contributed by atoms with E-state index in [2.05, 4.69) is 44.5 Å². The Kier molecular flexibility index (Phi) is 9.68. The van der Waals surface area contributed by atoms with Gasteiger partial charge in [0, 0.05) is 6.08 Å². The monoisotopic (exact) mass is 503 g/mol. The molecule has 9 heteroatoms. The van der Waals surface area contributed by atoms with Crippen molar-refractivity contribution >= 4 is 26.1 Å². The Labute approximate surface area is 210 Å². The third-order valence-corrected chi connectivity index (χ3v) is 10.9. The summed E-state index contributed by atoms with van der Waals surface area (Å²) in [5, 5.41) is 5.56. The Balaban J connectivity index is 2.12. The van der Waals surface area contributed by atoms with Gasteiger partial charge in [-0.3, -0.25) is 9.59 Å². The van der Waals surface area contributed by atoms with E-state index < -0.39 is 44.2 Å². The minimum atomic E-state index is -1.93. The number of hydrogen-bond donors (Lipinski definition) is 3. The number of nitrogens with one attached hydrogen (secondary N) is 2. The van der Waals surface area contributed by atoms with Crippen molar-refractivity contribution in [1.82, 2.24) is 10.6 Å². The highest BCUT2D eigenvalue weighted by molar-refractivity contribution is 6.74. The van der Waals surface area contributed by atoms with Crippen molar-refractivity contribution in [2.45, 2.75) is 83.7 Å². The van der Waals surface area contributed by atoms with Crippen molar-refractivity contribution in [2.75, 3.05) is 6.61 Å². The zero-order chi connectivity index (χ0) is 26.4. The number of benzene rings is 1. The van der Waals surface area contributed by atoms with Gasteiger partial charge in [0.15, 0.2) is 0 Å². The lowest BCUT2D eigenvalue weighted by molar-refractivity contribution is -0.148. The molecule has 194 valence electrons. The molecular weight excluding hydrogens is 462 g/mol. The number of nitrogens with two attached hydrogens (primary N) is 1. The van der Waals surface area contributed by atoms with E-state index in [4.69, 9.17) is 14.9 Å². The number of hydrogen-bond acceptors (Lipinski definition) is 6. The van der Waals surface area contributed by atoms with E-state index in [0.717, 1.165) is 11.3 Å². The minimum absolute atomic E-state index is 0.0813. The van der Waals surface area contributed by atoms with Crippen LogP contribution in [0.15, 0.2) is 36.4 Å². The van der Waals surface area contributed by atoms with Crippen LogP contribution in [-0.4, -0.2) is 50.8 Å². The van der Waals surface area contributed by atoms with Crippen molar-refractivity contribution in [2.24, 2.45) is 11.7 Å². The van der Waals surface area contributed by atoms with Gasteiger partial charge in [-0.25, -0.2) is 4.79 Å². The van der Waals surface area contributed by atoms with E-state index in [9.17, 15) is 14.4 Å². The van der Waals surface area contributed by atoms with E-state index >= 15 is 0 Å². The molecule has 0 spiro atoms. The summed E-state index contributed by atoms with van der Waals surface area (Å²) in [6.45, 7) is 14.6. The maximum absolute atomic E-state index is 12.9. The second kappa shape index (κ2) is 11.9. The molecule has 2 amide bonds. The molecule has 0 unspecified atom stereocenters. The molecule has 1 aliphatic rings. The second-order valence-corrected chi connectivity index (χ2v) is 15.7. The molecule has 8 nitrogen and oxygen atoms in total. The van der Waals surface area contributed by atoms with Gasteiger partial charge in [0.2, 0.25) is 20.1 Å². The molecule has 4 N–H and O–H groups in total. The number of cyclic esters (lactones) is 1. The molecule has 3 atom stereocenters. The van der Waals surface area contributed by atoms with Crippen molar-refractivity contribution in [3.8, 4) is 5.75 Å². The molecule has 0 aromatic heterocycles. The zero-order valence-electron chi connectivity index (χ0n) is 22.0. The van der Waals surface area contributed by atoms with Gasteiger partial charge >= 0.3 is 5.97 Å². The number of aryl methyl sites for hydroxylation is 1. The maximum atomic E-state index is 12.9. The van der Waals surface area contributed by atoms with Crippen LogP contribution in [0.3, 0.4) is 0 Å². The van der Waals surface area contributed by atoms with Gasteiger partial charge in [0.1, 0.15) is 24.4 Å². The first kappa shape index (κ1) is 28.6. The zero-order valence-corrected chi connectivity index (χ0v) is 23.0. The topological polar surface area (TPSA) is 120 Å². The normalized spacial score (nSPS) is 23.5. The highest BCUT2D eigenvalue weighted by Crippen LogP contribution is 2.37. The van der Waals surface area contributed by atoms with Crippen LogP contribution in [0.2, 0.25) is 18.1 Å². The lowest BCUT2D eigenvalue weighted by atomic mass is 10.0. The first-order chi connectivity index (χ1) is 16.2. The third kappa shape index (κ3) is 8.50. The van der Waals surface area contributed by atoms with Gasteiger partial charge in [0.05, 0.1) is 6.04 Å². The minimum Gasteiger partial charge on any atom is -0.544 e. The van der Waals surface area contributed by atoms with Gasteiger partial charge in [-0.1, -0.05) is 52.8 Å². The summed E-state index contributed by atoms with van der Waals surface area (Å²) in [5.74, 6) is -0.732. The van der Waals surface area contributed by atoms with Crippen molar-refractivity contribution in [3.63, 3.8) is 0 Å². The molecule has 0 radical (unpaired) electrons. The number of rotatable bonds is 6. The summed E-state index contributed by atoms with van der Waals surface area (Å²) in [7, 11) is -1.93. The number of ether oxygens (including phenoxy) is 1. The van der Waals surface area contributed by atoms with Crippen molar-refractivity contribution in [3.05, 3.63) is 42.0 Å². The lowest BCUT2D eigenvalue weighted by Crippen LogP contribution is -2.54. The summed E-state index contributed by atoms with van der Waals surface area (Å²) in [6, 6.07) is 5.58. The Morgan fingerprint density at radius 3 is 2.31 bits per heavy atom. The summed E-state index contributed by atoms with van der Waals surface area (Å²) in [6.07, 6.45) is 3.61. The lowest BCUT2D eigenvalue weighted by Gasteiger charge is -2.36. The van der Waals surface area contributed by atoms with Crippen LogP contribution < -0.4 is 20.8 Å². The molecule has 1 aliphatic heterocycles. The van der Waals surface area contributed by atoms with Crippen LogP contribution in [0, 0.1) is 5.92 Å². The van der Waals surface area contributed by atoms with Gasteiger partial charge in [-0.15, -0.1) is 0 Å². The van der Waals surface area contributed by atoms with Crippen LogP contribution in [0.25, 0.3) is 0 Å². The van der Waals surface area contributed by atoms with Crippen LogP contribution in [0.1, 0.15) is 46.6 Å². The quantitative estimate of drug-likeness (QED) is 0.405. The molecule has 0 saturated carbocycles. The van der Waals surface area contributed by atoms with Gasteiger partial charge in [-0.05, 0) is 54.6 Å². The maximum Gasteiger partial charge on any atom is 0.328 e. The fraction of sp³-hybridized carbons (Fsp3) is 0.577. The molecule has 0 saturated heterocycles. The average molecular weight is 504 g/mol. The smallest absolute Gasteiger partial charge is 0.328 e. The number of amides is 2. The average Bonchev–Trinajstić information content (AvgIpc) is 2.76. The van der Waals surface area contributed by atoms with Gasteiger partial charge in [0.25, 0.3) is 0 Å². The van der Waals surface area contributed by atoms with Gasteiger partial charge in [-0.2, -0.15) is 0 Å². The van der Waals surface area contributed by atoms with E-state index in [-0.39, 0.29) is 17.6 Å². The fourth-order valence-corrected chi connectivity index (χ4v) is 4.31. The molecule has 0 aliphatic carbocycles. The molecule has 1 aromatic carbocycles. The largest absolute Gasteiger partial charge is 0.544 e. The van der Waals surface area contributed by atoms with E-state index in [0.29, 0.717) is 12.8 Å². The Morgan fingerprint density at radius 1 is 1.11 bits per heavy atom. The molecular formula is C26H41N3O5Si. The van der Waals surface area contributed by atoms with Crippen LogP contribution in [0.4, 0.5) is 0 Å². The summed E-state index contributed by atoms with van der Waals surface area (Å²) in [5.41, 5.74) is 6.92. The van der Waals surface area contributed by atoms with E-state index in [1.165, 1.54) is 12.2 Å². The third-order valence-electron chi connectivity index (χ3n) is 6.58. The molecule has 35 heavy (non-hydrogen) atoms. The Bertz CT molecular complexity index is 922. The number of esters is 1. The number of carbonyl (C=O) groups is 3. The fourth-order valence-electron chi connectivity index (χ4n) is 3.28. The Hall–Kier alpha value is -2.65. The highest BCUT2D eigenvalue weighted by Gasteiger charge is 2.39. The van der Waals surface area contributed by atoms with Crippen LogP contribution in [-0.2, 0) is 25.5 Å². The summed E-state index contributed by atoms with van der Waals surface area (Å²) in [4.78, 5) is 37.9. The number of carbonyl (C=O) groups excluding carboxylic acids is 3. The summed E-state index contributed by atoms with van der Waals surface area (Å²) >= 11 is 0. The summed E-state index contributed by atoms with van der Waals surface area (Å²) < 4.78 is 11.7. The first-order valence-electron chi connectivity index (χ1n) is 12.2. The molecule has 1 heterocycles. The standard InChI is InChI=1S/C26H41N3O5Si/c1-17(2)23-24(31)28-21(25(32)33-16-19(27)11-15-22(30)29-23)14-10-18-8-12-20(13-9-18)34-35(6,7)26(3,4)5/h8-9,11-13,15,17,19,21,23H,10,14,16,27H2,1-7H3,(H,28,31)(H,29,30)/b15-11+/t19-,21+,23+/m1/s1. The molecule has 0 bridgehead atoms. The molecule has 2 rings (SSSR count). The van der Waals surface area contributed by atoms with Crippen molar-refractivity contribution in [1.29, 1.82) is 0 Å². The Morgan fingerprint density at radius 2 is 1.74 bits per heavy atom. The van der Waals surface area contributed by atoms with Gasteiger partial charge < -0.3 is 25.5 Å². The van der Waals surface area contributed by atoms with E-state index in [1.54, 1.807) is 0 Å². The van der Waals surface area contributed by atoms with Crippen molar-refractivity contribution < 1.29 is 23.5 Å².